The summed E-state index contributed by atoms with van der Waals surface area (Å²) in [5, 5.41) is 14.7. The Morgan fingerprint density at radius 2 is 2.17 bits per heavy atom. The van der Waals surface area contributed by atoms with Gasteiger partial charge >= 0.3 is 0 Å². The monoisotopic (exact) mass is 327 g/mol. The zero-order valence-electron chi connectivity index (χ0n) is 13.9. The summed E-state index contributed by atoms with van der Waals surface area (Å²) in [4.78, 5) is 17.0. The van der Waals surface area contributed by atoms with Crippen molar-refractivity contribution >= 4 is 17.2 Å². The molecule has 0 aliphatic carbocycles. The van der Waals surface area contributed by atoms with E-state index in [-0.39, 0.29) is 17.4 Å². The molecule has 0 spiro atoms. The first-order chi connectivity index (χ1) is 10.8. The van der Waals surface area contributed by atoms with Gasteiger partial charge in [-0.05, 0) is 24.6 Å². The van der Waals surface area contributed by atoms with Crippen LogP contribution in [0, 0.1) is 11.3 Å². The molecule has 1 atom stereocenters. The predicted molar refractivity (Wildman–Crippen MR) is 92.5 cm³/mol. The highest BCUT2D eigenvalue weighted by Crippen LogP contribution is 2.26. The molecule has 23 heavy (non-hydrogen) atoms. The number of rotatable bonds is 4. The van der Waals surface area contributed by atoms with Gasteiger partial charge in [0.2, 0.25) is 0 Å². The van der Waals surface area contributed by atoms with Crippen LogP contribution in [0.25, 0.3) is 0 Å². The van der Waals surface area contributed by atoms with Gasteiger partial charge in [0.25, 0.3) is 5.91 Å². The SMILES string of the molecule is C[C@@H](NC(=O)c1cccc(CC#N)c1)c1nc(C(C)(C)C)cs1. The molecular formula is C18H21N3OS. The van der Waals surface area contributed by atoms with Gasteiger partial charge in [-0.15, -0.1) is 11.3 Å². The Bertz CT molecular complexity index is 737. The molecule has 4 nitrogen and oxygen atoms in total. The molecule has 1 aromatic heterocycles. The zero-order chi connectivity index (χ0) is 17.0. The summed E-state index contributed by atoms with van der Waals surface area (Å²) in [5.41, 5.74) is 2.45. The minimum absolute atomic E-state index is 0.00407. The minimum Gasteiger partial charge on any atom is -0.343 e. The van der Waals surface area contributed by atoms with E-state index in [2.05, 4.69) is 37.1 Å². The summed E-state index contributed by atoms with van der Waals surface area (Å²) < 4.78 is 0. The summed E-state index contributed by atoms with van der Waals surface area (Å²) in [6.45, 7) is 8.30. The standard InChI is InChI=1S/C18H21N3OS/c1-12(17-21-15(11-23-17)18(2,3)4)20-16(22)14-7-5-6-13(10-14)8-9-19/h5-7,10-12H,8H2,1-4H3,(H,20,22)/t12-/m1/s1. The van der Waals surface area contributed by atoms with Crippen LogP contribution in [-0.4, -0.2) is 10.9 Å². The maximum atomic E-state index is 12.4. The number of benzene rings is 1. The molecule has 0 fully saturated rings. The van der Waals surface area contributed by atoms with Crippen molar-refractivity contribution in [3.63, 3.8) is 0 Å². The third-order valence-electron chi connectivity index (χ3n) is 3.48. The summed E-state index contributed by atoms with van der Waals surface area (Å²) in [6, 6.07) is 9.10. The van der Waals surface area contributed by atoms with Crippen LogP contribution in [-0.2, 0) is 11.8 Å². The molecule has 2 aromatic rings. The second kappa shape index (κ2) is 6.93. The highest BCUT2D eigenvalue weighted by molar-refractivity contribution is 7.09. The maximum Gasteiger partial charge on any atom is 0.251 e. The first kappa shape index (κ1) is 17.2. The average molecular weight is 327 g/mol. The molecule has 1 amide bonds. The van der Waals surface area contributed by atoms with Crippen molar-refractivity contribution < 1.29 is 4.79 Å². The molecule has 0 radical (unpaired) electrons. The second-order valence-electron chi connectivity index (χ2n) is 6.55. The molecule has 0 bridgehead atoms. The van der Waals surface area contributed by atoms with Crippen LogP contribution < -0.4 is 5.32 Å². The highest BCUT2D eigenvalue weighted by atomic mass is 32.1. The lowest BCUT2D eigenvalue weighted by Crippen LogP contribution is -2.26. The van der Waals surface area contributed by atoms with Gasteiger partial charge in [-0.2, -0.15) is 5.26 Å². The summed E-state index contributed by atoms with van der Waals surface area (Å²) in [6.07, 6.45) is 0.304. The van der Waals surface area contributed by atoms with Crippen LogP contribution in [0.15, 0.2) is 29.6 Å². The Labute approximate surface area is 141 Å². The molecule has 1 N–H and O–H groups in total. The quantitative estimate of drug-likeness (QED) is 0.923. The van der Waals surface area contributed by atoms with Crippen molar-refractivity contribution in [1.82, 2.24) is 10.3 Å². The summed E-state index contributed by atoms with van der Waals surface area (Å²) >= 11 is 1.56. The molecule has 0 aliphatic heterocycles. The van der Waals surface area contributed by atoms with Crippen LogP contribution >= 0.6 is 11.3 Å². The minimum atomic E-state index is -0.150. The lowest BCUT2D eigenvalue weighted by molar-refractivity contribution is 0.0939. The number of thiazole rings is 1. The lowest BCUT2D eigenvalue weighted by Gasteiger charge is -2.15. The third kappa shape index (κ3) is 4.40. The van der Waals surface area contributed by atoms with E-state index in [4.69, 9.17) is 5.26 Å². The molecule has 0 unspecified atom stereocenters. The Morgan fingerprint density at radius 1 is 1.43 bits per heavy atom. The first-order valence-corrected chi connectivity index (χ1v) is 8.42. The molecule has 1 heterocycles. The predicted octanol–water partition coefficient (Wildman–Crippen LogP) is 4.00. The molecule has 1 aromatic carbocycles. The Morgan fingerprint density at radius 3 is 2.78 bits per heavy atom. The van der Waals surface area contributed by atoms with E-state index in [0.717, 1.165) is 16.3 Å². The van der Waals surface area contributed by atoms with Crippen molar-refractivity contribution in [2.45, 2.75) is 45.6 Å². The molecule has 0 saturated carbocycles. The number of aromatic nitrogens is 1. The van der Waals surface area contributed by atoms with E-state index in [0.29, 0.717) is 12.0 Å². The van der Waals surface area contributed by atoms with Crippen LogP contribution in [0.1, 0.15) is 60.4 Å². The molecule has 0 aliphatic rings. The van der Waals surface area contributed by atoms with E-state index in [1.807, 2.05) is 18.4 Å². The summed E-state index contributed by atoms with van der Waals surface area (Å²) in [5.74, 6) is -0.148. The fraction of sp³-hybridized carbons (Fsp3) is 0.389. The normalized spacial score (nSPS) is 12.5. The zero-order valence-corrected chi connectivity index (χ0v) is 14.7. The number of nitrogens with zero attached hydrogens (tertiary/aromatic N) is 2. The van der Waals surface area contributed by atoms with Gasteiger partial charge < -0.3 is 5.32 Å². The van der Waals surface area contributed by atoms with Gasteiger partial charge in [-0.1, -0.05) is 32.9 Å². The number of amides is 1. The number of hydrogen-bond donors (Lipinski definition) is 1. The van der Waals surface area contributed by atoms with Gasteiger partial charge in [0.1, 0.15) is 5.01 Å². The number of nitriles is 1. The molecule has 5 heteroatoms. The lowest BCUT2D eigenvalue weighted by atomic mass is 9.93. The topological polar surface area (TPSA) is 65.8 Å². The van der Waals surface area contributed by atoms with Gasteiger partial charge in [0.15, 0.2) is 0 Å². The molecular weight excluding hydrogens is 306 g/mol. The van der Waals surface area contributed by atoms with Crippen LogP contribution in [0.2, 0.25) is 0 Å². The summed E-state index contributed by atoms with van der Waals surface area (Å²) in [7, 11) is 0. The van der Waals surface area contributed by atoms with E-state index in [1.54, 1.807) is 29.5 Å². The van der Waals surface area contributed by atoms with Gasteiger partial charge in [0.05, 0.1) is 24.2 Å². The first-order valence-electron chi connectivity index (χ1n) is 7.54. The number of carbonyl (C=O) groups is 1. The van der Waals surface area contributed by atoms with Gasteiger partial charge in [-0.3, -0.25) is 4.79 Å². The van der Waals surface area contributed by atoms with E-state index in [9.17, 15) is 4.79 Å². The van der Waals surface area contributed by atoms with Crippen LogP contribution in [0.5, 0.6) is 0 Å². The van der Waals surface area contributed by atoms with Crippen LogP contribution in [0.3, 0.4) is 0 Å². The van der Waals surface area contributed by atoms with Gasteiger partial charge in [-0.25, -0.2) is 4.98 Å². The number of hydrogen-bond acceptors (Lipinski definition) is 4. The number of carbonyl (C=O) groups excluding carboxylic acids is 1. The molecule has 2 rings (SSSR count). The van der Waals surface area contributed by atoms with Crippen molar-refractivity contribution in [1.29, 1.82) is 5.26 Å². The smallest absolute Gasteiger partial charge is 0.251 e. The van der Waals surface area contributed by atoms with Crippen LogP contribution in [0.4, 0.5) is 0 Å². The van der Waals surface area contributed by atoms with Crippen molar-refractivity contribution in [2.75, 3.05) is 0 Å². The molecule has 0 saturated heterocycles. The highest BCUT2D eigenvalue weighted by Gasteiger charge is 2.20. The fourth-order valence-electron chi connectivity index (χ4n) is 2.09. The van der Waals surface area contributed by atoms with E-state index >= 15 is 0 Å². The molecule has 120 valence electrons. The maximum absolute atomic E-state index is 12.4. The number of nitrogens with one attached hydrogen (secondary N) is 1. The Kier molecular flexibility index (Phi) is 5.17. The second-order valence-corrected chi connectivity index (χ2v) is 7.44. The average Bonchev–Trinajstić information content (AvgIpc) is 2.98. The van der Waals surface area contributed by atoms with Gasteiger partial charge in [0, 0.05) is 16.4 Å². The van der Waals surface area contributed by atoms with E-state index in [1.165, 1.54) is 0 Å². The van der Waals surface area contributed by atoms with Crippen molar-refractivity contribution in [2.24, 2.45) is 0 Å². The van der Waals surface area contributed by atoms with Crippen molar-refractivity contribution in [3.05, 3.63) is 51.5 Å². The fourth-order valence-corrected chi connectivity index (χ4v) is 3.14. The Hall–Kier alpha value is -2.19. The Balaban J connectivity index is 2.09. The third-order valence-corrected chi connectivity index (χ3v) is 4.51. The van der Waals surface area contributed by atoms with E-state index < -0.39 is 0 Å². The largest absolute Gasteiger partial charge is 0.343 e. The van der Waals surface area contributed by atoms with Crippen molar-refractivity contribution in [3.8, 4) is 6.07 Å².